The molecular weight excluding hydrogens is 274 g/mol. The fraction of sp³-hybridized carbons (Fsp3) is 0.278. The Bertz CT molecular complexity index is 814. The maximum atomic E-state index is 12.1. The van der Waals surface area contributed by atoms with Gasteiger partial charge in [0.05, 0.1) is 16.7 Å². The lowest BCUT2D eigenvalue weighted by Gasteiger charge is -2.10. The van der Waals surface area contributed by atoms with Gasteiger partial charge in [0, 0.05) is 29.6 Å². The minimum atomic E-state index is 0.0573. The number of anilines is 1. The van der Waals surface area contributed by atoms with Gasteiger partial charge in [0.25, 0.3) is 0 Å². The summed E-state index contributed by atoms with van der Waals surface area (Å²) in [7, 11) is 0. The van der Waals surface area contributed by atoms with Gasteiger partial charge in [-0.3, -0.25) is 14.8 Å². The van der Waals surface area contributed by atoms with Gasteiger partial charge in [0.15, 0.2) is 0 Å². The SMILES string of the molecule is CCCCCC(=O)Nc1cc2cccnc2c2ncccc12. The van der Waals surface area contributed by atoms with E-state index < -0.39 is 0 Å². The molecule has 0 saturated heterocycles. The highest BCUT2D eigenvalue weighted by Crippen LogP contribution is 2.29. The van der Waals surface area contributed by atoms with Crippen LogP contribution in [-0.4, -0.2) is 15.9 Å². The van der Waals surface area contributed by atoms with Crippen LogP contribution in [0.5, 0.6) is 0 Å². The van der Waals surface area contributed by atoms with Crippen LogP contribution in [0.4, 0.5) is 5.69 Å². The first-order valence-electron chi connectivity index (χ1n) is 7.72. The number of pyridine rings is 2. The van der Waals surface area contributed by atoms with E-state index in [2.05, 4.69) is 22.2 Å². The first-order valence-corrected chi connectivity index (χ1v) is 7.72. The highest BCUT2D eigenvalue weighted by molar-refractivity contribution is 6.11. The van der Waals surface area contributed by atoms with E-state index >= 15 is 0 Å². The van der Waals surface area contributed by atoms with Gasteiger partial charge in [-0.2, -0.15) is 0 Å². The molecular formula is C18H19N3O. The molecule has 0 fully saturated rings. The van der Waals surface area contributed by atoms with E-state index in [1.165, 1.54) is 0 Å². The molecule has 1 amide bonds. The normalized spacial score (nSPS) is 11.0. The zero-order valence-corrected chi connectivity index (χ0v) is 12.7. The summed E-state index contributed by atoms with van der Waals surface area (Å²) >= 11 is 0. The first-order chi connectivity index (χ1) is 10.8. The van der Waals surface area contributed by atoms with Gasteiger partial charge < -0.3 is 5.32 Å². The summed E-state index contributed by atoms with van der Waals surface area (Å²) in [5.41, 5.74) is 2.50. The monoisotopic (exact) mass is 293 g/mol. The van der Waals surface area contributed by atoms with Crippen molar-refractivity contribution in [3.05, 3.63) is 42.7 Å². The highest BCUT2D eigenvalue weighted by Gasteiger charge is 2.10. The molecule has 0 aliphatic heterocycles. The molecule has 112 valence electrons. The number of benzene rings is 1. The lowest BCUT2D eigenvalue weighted by atomic mass is 10.1. The van der Waals surface area contributed by atoms with Crippen molar-refractivity contribution in [2.75, 3.05) is 5.32 Å². The van der Waals surface area contributed by atoms with Crippen molar-refractivity contribution in [2.24, 2.45) is 0 Å². The average molecular weight is 293 g/mol. The van der Waals surface area contributed by atoms with Crippen LogP contribution in [-0.2, 0) is 4.79 Å². The van der Waals surface area contributed by atoms with Crippen molar-refractivity contribution >= 4 is 33.4 Å². The lowest BCUT2D eigenvalue weighted by Crippen LogP contribution is -2.11. The van der Waals surface area contributed by atoms with Gasteiger partial charge in [-0.15, -0.1) is 0 Å². The Morgan fingerprint density at radius 3 is 2.68 bits per heavy atom. The number of aromatic nitrogens is 2. The summed E-state index contributed by atoms with van der Waals surface area (Å²) < 4.78 is 0. The summed E-state index contributed by atoms with van der Waals surface area (Å²) in [6.07, 6.45) is 7.19. The Hall–Kier alpha value is -2.49. The molecule has 3 rings (SSSR count). The van der Waals surface area contributed by atoms with E-state index in [0.29, 0.717) is 6.42 Å². The Morgan fingerprint density at radius 2 is 1.86 bits per heavy atom. The molecule has 2 heterocycles. The molecule has 1 aromatic carbocycles. The van der Waals surface area contributed by atoms with Gasteiger partial charge in [-0.25, -0.2) is 0 Å². The number of hydrogen-bond donors (Lipinski definition) is 1. The van der Waals surface area contributed by atoms with Crippen molar-refractivity contribution < 1.29 is 4.79 Å². The first kappa shape index (κ1) is 14.4. The molecule has 1 N–H and O–H groups in total. The van der Waals surface area contributed by atoms with E-state index in [0.717, 1.165) is 46.8 Å². The van der Waals surface area contributed by atoms with E-state index in [4.69, 9.17) is 0 Å². The third kappa shape index (κ3) is 2.91. The predicted octanol–water partition coefficient (Wildman–Crippen LogP) is 4.30. The number of amides is 1. The molecule has 0 saturated carbocycles. The van der Waals surface area contributed by atoms with Crippen molar-refractivity contribution in [1.29, 1.82) is 0 Å². The van der Waals surface area contributed by atoms with Crippen LogP contribution in [0.2, 0.25) is 0 Å². The highest BCUT2D eigenvalue weighted by atomic mass is 16.1. The van der Waals surface area contributed by atoms with Crippen LogP contribution in [0.3, 0.4) is 0 Å². The van der Waals surface area contributed by atoms with Crippen LogP contribution >= 0.6 is 0 Å². The Kier molecular flexibility index (Phi) is 4.28. The molecule has 0 atom stereocenters. The second-order valence-corrected chi connectivity index (χ2v) is 5.40. The number of carbonyl (C=O) groups excluding carboxylic acids is 1. The van der Waals surface area contributed by atoms with E-state index in [1.807, 2.05) is 30.3 Å². The van der Waals surface area contributed by atoms with Crippen molar-refractivity contribution in [3.63, 3.8) is 0 Å². The number of nitrogens with zero attached hydrogens (tertiary/aromatic N) is 2. The number of hydrogen-bond acceptors (Lipinski definition) is 3. The van der Waals surface area contributed by atoms with Gasteiger partial charge in [-0.05, 0) is 30.7 Å². The Balaban J connectivity index is 1.99. The van der Waals surface area contributed by atoms with Crippen LogP contribution in [0.25, 0.3) is 21.8 Å². The number of unbranched alkanes of at least 4 members (excludes halogenated alkanes) is 2. The molecule has 0 aliphatic carbocycles. The van der Waals surface area contributed by atoms with Crippen LogP contribution in [0, 0.1) is 0 Å². The summed E-state index contributed by atoms with van der Waals surface area (Å²) in [5.74, 6) is 0.0573. The van der Waals surface area contributed by atoms with Crippen LogP contribution in [0.15, 0.2) is 42.7 Å². The van der Waals surface area contributed by atoms with Gasteiger partial charge in [-0.1, -0.05) is 25.8 Å². The van der Waals surface area contributed by atoms with Crippen molar-refractivity contribution in [2.45, 2.75) is 32.6 Å². The smallest absolute Gasteiger partial charge is 0.224 e. The average Bonchev–Trinajstić information content (AvgIpc) is 2.55. The van der Waals surface area contributed by atoms with Gasteiger partial charge in [0.1, 0.15) is 0 Å². The number of nitrogens with one attached hydrogen (secondary N) is 1. The molecule has 0 spiro atoms. The summed E-state index contributed by atoms with van der Waals surface area (Å²) in [6.45, 7) is 2.13. The molecule has 0 radical (unpaired) electrons. The second-order valence-electron chi connectivity index (χ2n) is 5.40. The number of rotatable bonds is 5. The van der Waals surface area contributed by atoms with Gasteiger partial charge >= 0.3 is 0 Å². The molecule has 0 aliphatic rings. The number of fused-ring (bicyclic) bond motifs is 3. The standard InChI is InChI=1S/C18H19N3O/c1-2-3-4-9-16(22)21-15-12-13-7-5-10-19-17(13)18-14(15)8-6-11-20-18/h5-8,10-12H,2-4,9H2,1H3,(H,21,22). The zero-order valence-electron chi connectivity index (χ0n) is 12.7. The van der Waals surface area contributed by atoms with Gasteiger partial charge in [0.2, 0.25) is 5.91 Å². The third-order valence-corrected chi connectivity index (χ3v) is 3.74. The van der Waals surface area contributed by atoms with Crippen LogP contribution < -0.4 is 5.32 Å². The fourth-order valence-electron chi connectivity index (χ4n) is 2.63. The second kappa shape index (κ2) is 6.52. The minimum absolute atomic E-state index is 0.0573. The summed E-state index contributed by atoms with van der Waals surface area (Å²) in [4.78, 5) is 21.0. The predicted molar refractivity (Wildman–Crippen MR) is 89.8 cm³/mol. The van der Waals surface area contributed by atoms with Crippen molar-refractivity contribution in [3.8, 4) is 0 Å². The maximum Gasteiger partial charge on any atom is 0.224 e. The van der Waals surface area contributed by atoms with Crippen LogP contribution in [0.1, 0.15) is 32.6 Å². The topological polar surface area (TPSA) is 54.9 Å². The molecule has 22 heavy (non-hydrogen) atoms. The molecule has 2 aromatic heterocycles. The Morgan fingerprint density at radius 1 is 1.09 bits per heavy atom. The number of carbonyl (C=O) groups is 1. The van der Waals surface area contributed by atoms with E-state index in [9.17, 15) is 4.79 Å². The fourth-order valence-corrected chi connectivity index (χ4v) is 2.63. The third-order valence-electron chi connectivity index (χ3n) is 3.74. The quantitative estimate of drug-likeness (QED) is 0.563. The molecule has 4 heteroatoms. The van der Waals surface area contributed by atoms with Crippen molar-refractivity contribution in [1.82, 2.24) is 9.97 Å². The van der Waals surface area contributed by atoms with E-state index in [1.54, 1.807) is 12.4 Å². The maximum absolute atomic E-state index is 12.1. The molecule has 0 bridgehead atoms. The minimum Gasteiger partial charge on any atom is -0.325 e. The summed E-state index contributed by atoms with van der Waals surface area (Å²) in [5, 5.41) is 4.94. The molecule has 0 unspecified atom stereocenters. The summed E-state index contributed by atoms with van der Waals surface area (Å²) in [6, 6.07) is 9.71. The largest absolute Gasteiger partial charge is 0.325 e. The Labute approximate surface area is 129 Å². The lowest BCUT2D eigenvalue weighted by molar-refractivity contribution is -0.116. The van der Waals surface area contributed by atoms with E-state index in [-0.39, 0.29) is 5.91 Å². The molecule has 3 aromatic rings. The molecule has 4 nitrogen and oxygen atoms in total. The zero-order chi connectivity index (χ0) is 15.4.